The molecule has 2 radical (unpaired) electrons. The average molecular weight is 839 g/mol. The number of nitrogens with one attached hydrogen (secondary N) is 1. The molecule has 0 bridgehead atoms. The van der Waals surface area contributed by atoms with Crippen molar-refractivity contribution < 1.29 is 45.8 Å². The largest absolute Gasteiger partial charge is 0.475 e. The molecule has 0 spiro atoms. The van der Waals surface area contributed by atoms with Crippen molar-refractivity contribution in [2.45, 2.75) is 0 Å². The molecule has 0 aliphatic carbocycles. The fourth-order valence-corrected chi connectivity index (χ4v) is 3.90. The Balaban J connectivity index is 0.000000241. The summed E-state index contributed by atoms with van der Waals surface area (Å²) in [6, 6.07) is 17.7. The van der Waals surface area contributed by atoms with Gasteiger partial charge in [0.1, 0.15) is 0 Å². The molecule has 0 atom stereocenters. The van der Waals surface area contributed by atoms with Crippen LogP contribution in [0, 0.1) is 31.1 Å². The maximum absolute atomic E-state index is 12.1. The van der Waals surface area contributed by atoms with Gasteiger partial charge in [-0.1, -0.05) is 35.3 Å². The number of nitrogen functional groups attached to an aromatic ring is 1. The van der Waals surface area contributed by atoms with Crippen LogP contribution < -0.4 is 11.1 Å². The van der Waals surface area contributed by atoms with Crippen LogP contribution in [0.5, 0.6) is 0 Å². The average Bonchev–Trinajstić information content (AvgIpc) is 3.03. The molecule has 2 aromatic carbocycles. The van der Waals surface area contributed by atoms with Crippen LogP contribution in [0.2, 0.25) is 10.0 Å². The van der Waals surface area contributed by atoms with Gasteiger partial charge in [0, 0.05) is 97.5 Å². The fraction of sp³-hybridized carbons (Fsp3) is 0. The van der Waals surface area contributed by atoms with Crippen molar-refractivity contribution in [3.8, 4) is 0 Å². The number of carboxylic acids is 1. The summed E-state index contributed by atoms with van der Waals surface area (Å²) < 4.78 is 5.25. The second-order valence-electron chi connectivity index (χ2n) is 8.00. The first-order valence-electron chi connectivity index (χ1n) is 12.3. The van der Waals surface area contributed by atoms with Crippen molar-refractivity contribution in [1.82, 2.24) is 29.9 Å². The number of hydrogen-bond donors (Lipinski definition) is 3. The summed E-state index contributed by atoms with van der Waals surface area (Å²) in [4.78, 5) is 45.3. The fourth-order valence-electron chi connectivity index (χ4n) is 3.44. The summed E-state index contributed by atoms with van der Waals surface area (Å²) in [5.74, 6) is -1.58. The first-order chi connectivity index (χ1) is 20.8. The molecule has 0 saturated heterocycles. The van der Waals surface area contributed by atoms with Crippen molar-refractivity contribution in [3.63, 3.8) is 0 Å². The standard InChI is InChI=1S/C14H9ClN4O.C9H7ClN2.C5H4N2O2.BH.U/c15-10-7-9-3-1-4-16-12(9)11(8-10)19-14(20)13-17-5-2-6-18-13;10-7-4-6-2-1-3-12-9(6)8(11)5-7;8-5(9)4-6-2-1-3-7-4;;/h1-8H,(H,19,20);1-5H,11H2;1-3H,(H,8,9);1H;/i;;;1T;. The monoisotopic (exact) mass is 838 g/mol. The molecule has 15 heteroatoms. The van der Waals surface area contributed by atoms with E-state index in [9.17, 15) is 9.59 Å². The molecular weight excluding hydrogens is 816 g/mol. The quantitative estimate of drug-likeness (QED) is 0.164. The third-order valence-corrected chi connectivity index (χ3v) is 5.58. The Hall–Kier alpha value is -4.14. The summed E-state index contributed by atoms with van der Waals surface area (Å²) in [5, 5.41) is 14.0. The number of carbonyl (C=O) groups excluding carboxylic acids is 1. The number of rotatable bonds is 3. The Morgan fingerprint density at radius 3 is 1.72 bits per heavy atom. The molecule has 0 saturated carbocycles. The maximum Gasteiger partial charge on any atom is 0.373 e. The van der Waals surface area contributed by atoms with Crippen LogP contribution >= 0.6 is 23.2 Å². The van der Waals surface area contributed by atoms with Crippen LogP contribution in [0.4, 0.5) is 11.4 Å². The summed E-state index contributed by atoms with van der Waals surface area (Å²) >= 11 is 11.9. The predicted octanol–water partition coefficient (Wildman–Crippen LogP) is 4.93. The van der Waals surface area contributed by atoms with E-state index in [4.69, 9.17) is 35.4 Å². The second-order valence-corrected chi connectivity index (χ2v) is 8.88. The van der Waals surface area contributed by atoms with Gasteiger partial charge >= 0.3 is 5.97 Å². The normalized spacial score (nSPS) is 9.77. The molecule has 0 aliphatic heterocycles. The zero-order valence-corrected chi connectivity index (χ0v) is 27.8. The number of amides is 1. The Kier molecular flexibility index (Phi) is 13.3. The first-order valence-corrected chi connectivity index (χ1v) is 12.5. The topological polar surface area (TPSA) is 170 Å². The number of aromatic carboxylic acids is 1. The van der Waals surface area contributed by atoms with Crippen LogP contribution in [0.3, 0.4) is 0 Å². The SMILES string of the molecule is Nc1cc(Cl)cc2cccnc12.O=C(Nc1cc(Cl)cc2cccnc12)c1ncccn1.O=C(O)c1ncccn1.[3H][B].[U]. The van der Waals surface area contributed by atoms with Gasteiger partial charge in [-0.05, 0) is 49.9 Å². The van der Waals surface area contributed by atoms with Gasteiger partial charge in [-0.2, -0.15) is 0 Å². The van der Waals surface area contributed by atoms with Gasteiger partial charge < -0.3 is 16.2 Å². The number of aromatic nitrogens is 6. The summed E-state index contributed by atoms with van der Waals surface area (Å²) in [6.07, 6.45) is 9.16. The van der Waals surface area contributed by atoms with Crippen molar-refractivity contribution in [3.05, 3.63) is 120 Å². The van der Waals surface area contributed by atoms with E-state index in [-0.39, 0.29) is 42.8 Å². The van der Waals surface area contributed by atoms with Gasteiger partial charge in [0.25, 0.3) is 5.91 Å². The molecule has 11 nitrogen and oxygen atoms in total. The number of anilines is 2. The number of nitrogens with two attached hydrogens (primary N) is 1. The number of carboxylic acid groups (broad SMARTS) is 1. The van der Waals surface area contributed by atoms with E-state index < -0.39 is 11.9 Å². The van der Waals surface area contributed by atoms with Crippen molar-refractivity contribution >= 4 is 76.6 Å². The number of carbonyl (C=O) groups is 2. The van der Waals surface area contributed by atoms with Crippen LogP contribution in [-0.4, -0.2) is 56.6 Å². The van der Waals surface area contributed by atoms with E-state index in [1.54, 1.807) is 42.7 Å². The van der Waals surface area contributed by atoms with E-state index in [1.807, 2.05) is 30.3 Å². The van der Waals surface area contributed by atoms with Crippen molar-refractivity contribution in [1.29, 1.82) is 1.34 Å². The van der Waals surface area contributed by atoms with E-state index >= 15 is 0 Å². The Morgan fingerprint density at radius 2 is 1.19 bits per heavy atom. The van der Waals surface area contributed by atoms with Crippen molar-refractivity contribution in [2.75, 3.05) is 11.1 Å². The number of fused-ring (bicyclic) bond motifs is 2. The summed E-state index contributed by atoms with van der Waals surface area (Å²) in [7, 11) is 3.75. The molecule has 0 fully saturated rings. The van der Waals surface area contributed by atoms with E-state index in [2.05, 4.69) is 43.6 Å². The molecule has 212 valence electrons. The Morgan fingerprint density at radius 1 is 0.721 bits per heavy atom. The Labute approximate surface area is 282 Å². The van der Waals surface area contributed by atoms with E-state index in [1.165, 1.54) is 24.8 Å². The number of nitrogens with zero attached hydrogens (tertiary/aromatic N) is 6. The van der Waals surface area contributed by atoms with Crippen molar-refractivity contribution in [2.24, 2.45) is 0 Å². The molecule has 4 aromatic heterocycles. The number of hydrogen-bond acceptors (Lipinski definition) is 9. The second kappa shape index (κ2) is 17.1. The number of halogens is 2. The predicted molar refractivity (Wildman–Crippen MR) is 164 cm³/mol. The number of pyridine rings is 2. The molecule has 1 amide bonds. The first kappa shape index (κ1) is 33.4. The van der Waals surface area contributed by atoms with Gasteiger partial charge in [0.05, 0.1) is 22.4 Å². The minimum atomic E-state index is -1.10. The van der Waals surface area contributed by atoms with Crippen LogP contribution in [-0.2, 0) is 0 Å². The Bertz CT molecular complexity index is 1830. The maximum atomic E-state index is 12.1. The third kappa shape index (κ3) is 9.97. The van der Waals surface area contributed by atoms with Gasteiger partial charge in [-0.3, -0.25) is 14.8 Å². The molecule has 6 rings (SSSR count). The molecule has 4 heterocycles. The minimum Gasteiger partial charge on any atom is -0.475 e. The van der Waals surface area contributed by atoms with Crippen LogP contribution in [0.15, 0.2) is 97.8 Å². The van der Waals surface area contributed by atoms with Gasteiger partial charge in [-0.25, -0.2) is 24.7 Å². The number of benzene rings is 2. The molecule has 43 heavy (non-hydrogen) atoms. The van der Waals surface area contributed by atoms with E-state index in [0.717, 1.165) is 16.3 Å². The van der Waals surface area contributed by atoms with Gasteiger partial charge in [0.2, 0.25) is 11.6 Å². The zero-order chi connectivity index (χ0) is 31.2. The smallest absolute Gasteiger partial charge is 0.373 e. The zero-order valence-electron chi connectivity index (χ0n) is 23.1. The van der Waals surface area contributed by atoms with Gasteiger partial charge in [-0.15, -0.1) is 0 Å². The van der Waals surface area contributed by atoms with Crippen LogP contribution in [0.25, 0.3) is 21.8 Å². The van der Waals surface area contributed by atoms with E-state index in [0.29, 0.717) is 26.9 Å². The van der Waals surface area contributed by atoms with Crippen LogP contribution in [0.1, 0.15) is 21.2 Å². The molecule has 4 N–H and O–H groups in total. The summed E-state index contributed by atoms with van der Waals surface area (Å²) in [5.41, 5.74) is 8.34. The molecule has 0 aliphatic rings. The minimum absolute atomic E-state index is 0. The van der Waals surface area contributed by atoms with Gasteiger partial charge in [0.15, 0.2) is 0 Å². The summed E-state index contributed by atoms with van der Waals surface area (Å²) in [6.45, 7) is 0. The molecule has 0 unspecified atom stereocenters. The molecular formula is C28H21BCl2N8O3U. The third-order valence-electron chi connectivity index (χ3n) is 5.14. The molecule has 6 aromatic rings.